The zero-order chi connectivity index (χ0) is 25.4. The normalized spacial score (nSPS) is 14.8. The first kappa shape index (κ1) is 24.8. The molecule has 0 saturated carbocycles. The minimum Gasteiger partial charge on any atom is -0.330 e. The van der Waals surface area contributed by atoms with Crippen LogP contribution in [0.3, 0.4) is 0 Å². The maximum atomic E-state index is 12.1. The lowest BCUT2D eigenvalue weighted by atomic mass is 10.1. The number of carbonyl (C=O) groups is 1. The molecule has 1 fully saturated rings. The first-order chi connectivity index (χ1) is 17.2. The van der Waals surface area contributed by atoms with E-state index in [1.807, 2.05) is 53.4 Å². The minimum atomic E-state index is -3.85. The number of nitrogens with one attached hydrogen (secondary N) is 1. The van der Waals surface area contributed by atoms with Gasteiger partial charge in [0.25, 0.3) is 5.91 Å². The van der Waals surface area contributed by atoms with Gasteiger partial charge in [-0.05, 0) is 53.6 Å². The molecule has 1 aliphatic rings. The van der Waals surface area contributed by atoms with Crippen LogP contribution in [0.2, 0.25) is 10.0 Å². The molecule has 0 unspecified atom stereocenters. The number of carbonyl (C=O) groups excluding carboxylic acids is 1. The van der Waals surface area contributed by atoms with Crippen molar-refractivity contribution < 1.29 is 13.2 Å². The second kappa shape index (κ2) is 9.89. The van der Waals surface area contributed by atoms with Crippen molar-refractivity contribution in [1.29, 1.82) is 0 Å². The molecule has 5 rings (SSSR count). The molecular weight excluding hydrogens is 587 g/mol. The van der Waals surface area contributed by atoms with Crippen LogP contribution in [-0.2, 0) is 28.0 Å². The maximum Gasteiger partial charge on any atom is 0.326 e. The standard InChI is InChI=1S/C25H19BrCl2N4O3S/c26-18-5-1-16(2-6-18)11-24-29-23(21-10-7-19(27)12-22(21)28)14-31(24)13-17-3-8-20(9-4-17)32-15-25(33)30-36(32,34)35/h1-10,12,14H,11,13,15H2,(H,30,33). The summed E-state index contributed by atoms with van der Waals surface area (Å²) in [7, 11) is -3.85. The van der Waals surface area contributed by atoms with Crippen LogP contribution in [0.25, 0.3) is 11.3 Å². The Hall–Kier alpha value is -2.85. The Morgan fingerprint density at radius 2 is 1.67 bits per heavy atom. The Labute approximate surface area is 227 Å². The van der Waals surface area contributed by atoms with Gasteiger partial charge in [0.05, 0.1) is 16.4 Å². The third-order valence-corrected chi connectivity index (χ3v) is 8.22. The highest BCUT2D eigenvalue weighted by atomic mass is 79.9. The predicted octanol–water partition coefficient (Wildman–Crippen LogP) is 5.44. The lowest BCUT2D eigenvalue weighted by Crippen LogP contribution is -2.29. The van der Waals surface area contributed by atoms with Crippen LogP contribution in [0.4, 0.5) is 5.69 Å². The fourth-order valence-electron chi connectivity index (χ4n) is 3.99. The highest BCUT2D eigenvalue weighted by Crippen LogP contribution is 2.31. The predicted molar refractivity (Wildman–Crippen MR) is 145 cm³/mol. The molecule has 1 saturated heterocycles. The fraction of sp³-hybridized carbons (Fsp3) is 0.120. The van der Waals surface area contributed by atoms with Gasteiger partial charge in [0.2, 0.25) is 0 Å². The summed E-state index contributed by atoms with van der Waals surface area (Å²) in [6.45, 7) is 0.278. The Morgan fingerprint density at radius 3 is 2.31 bits per heavy atom. The van der Waals surface area contributed by atoms with E-state index in [9.17, 15) is 13.2 Å². The van der Waals surface area contributed by atoms with Crippen molar-refractivity contribution >= 4 is 60.9 Å². The average Bonchev–Trinajstić information content (AvgIpc) is 3.34. The van der Waals surface area contributed by atoms with E-state index in [1.165, 1.54) is 0 Å². The summed E-state index contributed by atoms with van der Waals surface area (Å²) in [4.78, 5) is 16.4. The topological polar surface area (TPSA) is 84.3 Å². The summed E-state index contributed by atoms with van der Waals surface area (Å²) in [5.74, 6) is 0.294. The van der Waals surface area contributed by atoms with E-state index in [0.717, 1.165) is 37.0 Å². The number of rotatable bonds is 6. The molecule has 4 aromatic rings. The number of anilines is 1. The van der Waals surface area contributed by atoms with Gasteiger partial charge in [0.15, 0.2) is 0 Å². The second-order valence-corrected chi connectivity index (χ2v) is 11.7. The van der Waals surface area contributed by atoms with Crippen molar-refractivity contribution in [3.05, 3.63) is 104 Å². The van der Waals surface area contributed by atoms with Gasteiger partial charge in [-0.15, -0.1) is 0 Å². The Bertz CT molecular complexity index is 1560. The van der Waals surface area contributed by atoms with Crippen LogP contribution < -0.4 is 9.03 Å². The number of amides is 1. The highest BCUT2D eigenvalue weighted by Gasteiger charge is 2.33. The lowest BCUT2D eigenvalue weighted by Gasteiger charge is -2.15. The number of hydrogen-bond donors (Lipinski definition) is 1. The smallest absolute Gasteiger partial charge is 0.326 e. The van der Waals surface area contributed by atoms with E-state index in [0.29, 0.717) is 28.7 Å². The summed E-state index contributed by atoms with van der Waals surface area (Å²) >= 11 is 16.0. The third kappa shape index (κ3) is 5.29. The van der Waals surface area contributed by atoms with Crippen LogP contribution in [0.1, 0.15) is 17.0 Å². The average molecular weight is 606 g/mol. The van der Waals surface area contributed by atoms with E-state index in [4.69, 9.17) is 28.2 Å². The molecular formula is C25H19BrCl2N4O3S. The van der Waals surface area contributed by atoms with Crippen molar-refractivity contribution in [1.82, 2.24) is 14.3 Å². The van der Waals surface area contributed by atoms with Crippen LogP contribution in [0.5, 0.6) is 0 Å². The summed E-state index contributed by atoms with van der Waals surface area (Å²) in [5, 5.41) is 1.07. The van der Waals surface area contributed by atoms with E-state index >= 15 is 0 Å². The summed E-state index contributed by atoms with van der Waals surface area (Å²) < 4.78 is 30.4. The molecule has 11 heteroatoms. The first-order valence-electron chi connectivity index (χ1n) is 10.9. The van der Waals surface area contributed by atoms with Gasteiger partial charge in [-0.25, -0.2) is 14.0 Å². The number of nitrogens with zero attached hydrogens (tertiary/aromatic N) is 3. The highest BCUT2D eigenvalue weighted by molar-refractivity contribution is 9.10. The molecule has 0 radical (unpaired) electrons. The van der Waals surface area contributed by atoms with E-state index in [2.05, 4.69) is 20.5 Å². The Kier molecular flexibility index (Phi) is 6.82. The maximum absolute atomic E-state index is 12.1. The molecule has 184 valence electrons. The van der Waals surface area contributed by atoms with Crippen molar-refractivity contribution in [2.75, 3.05) is 10.8 Å². The summed E-state index contributed by atoms with van der Waals surface area (Å²) in [6.07, 6.45) is 2.56. The van der Waals surface area contributed by atoms with E-state index in [1.54, 1.807) is 24.3 Å². The van der Waals surface area contributed by atoms with Crippen LogP contribution in [-0.4, -0.2) is 30.4 Å². The van der Waals surface area contributed by atoms with Gasteiger partial charge in [-0.2, -0.15) is 8.42 Å². The third-order valence-electron chi connectivity index (χ3n) is 5.74. The van der Waals surface area contributed by atoms with Crippen molar-refractivity contribution in [2.45, 2.75) is 13.0 Å². The molecule has 3 aromatic carbocycles. The van der Waals surface area contributed by atoms with Gasteiger partial charge in [-0.3, -0.25) is 4.79 Å². The second-order valence-electron chi connectivity index (χ2n) is 8.30. The quantitative estimate of drug-likeness (QED) is 0.317. The van der Waals surface area contributed by atoms with Crippen LogP contribution in [0, 0.1) is 0 Å². The minimum absolute atomic E-state index is 0.230. The van der Waals surface area contributed by atoms with Crippen molar-refractivity contribution in [3.63, 3.8) is 0 Å². The molecule has 1 aromatic heterocycles. The first-order valence-corrected chi connectivity index (χ1v) is 13.8. The largest absolute Gasteiger partial charge is 0.330 e. The van der Waals surface area contributed by atoms with E-state index < -0.39 is 16.1 Å². The molecule has 7 nitrogen and oxygen atoms in total. The number of halogens is 3. The summed E-state index contributed by atoms with van der Waals surface area (Å²) in [6, 6.07) is 20.4. The van der Waals surface area contributed by atoms with Crippen LogP contribution >= 0.6 is 39.1 Å². The molecule has 1 amide bonds. The number of benzene rings is 3. The summed E-state index contributed by atoms with van der Waals surface area (Å²) in [5.41, 5.74) is 3.98. The van der Waals surface area contributed by atoms with Gasteiger partial charge in [0.1, 0.15) is 12.4 Å². The molecule has 36 heavy (non-hydrogen) atoms. The molecule has 1 N–H and O–H groups in total. The Morgan fingerprint density at radius 1 is 0.972 bits per heavy atom. The monoisotopic (exact) mass is 604 g/mol. The number of imidazole rings is 1. The zero-order valence-corrected chi connectivity index (χ0v) is 22.6. The SMILES string of the molecule is O=C1CN(c2ccc(Cn3cc(-c4ccc(Cl)cc4Cl)nc3Cc3ccc(Br)cc3)cc2)S(=O)(=O)N1. The molecule has 1 aliphatic heterocycles. The number of hydrogen-bond acceptors (Lipinski definition) is 4. The Balaban J connectivity index is 1.46. The fourth-order valence-corrected chi connectivity index (χ4v) is 5.90. The molecule has 0 spiro atoms. The van der Waals surface area contributed by atoms with Gasteiger partial charge in [0, 0.05) is 34.2 Å². The van der Waals surface area contributed by atoms with Gasteiger partial charge < -0.3 is 4.57 Å². The lowest BCUT2D eigenvalue weighted by molar-refractivity contribution is -0.117. The molecule has 0 atom stereocenters. The van der Waals surface area contributed by atoms with Gasteiger partial charge >= 0.3 is 10.2 Å². The molecule has 2 heterocycles. The van der Waals surface area contributed by atoms with E-state index in [-0.39, 0.29) is 6.54 Å². The van der Waals surface area contributed by atoms with Crippen molar-refractivity contribution in [2.24, 2.45) is 0 Å². The zero-order valence-electron chi connectivity index (χ0n) is 18.7. The van der Waals surface area contributed by atoms with Gasteiger partial charge in [-0.1, -0.05) is 63.4 Å². The molecule has 0 bridgehead atoms. The number of aromatic nitrogens is 2. The van der Waals surface area contributed by atoms with Crippen molar-refractivity contribution in [3.8, 4) is 11.3 Å². The molecule has 0 aliphatic carbocycles. The van der Waals surface area contributed by atoms with Crippen LogP contribution in [0.15, 0.2) is 77.4 Å².